The second-order valence-electron chi connectivity index (χ2n) is 5.61. The van der Waals surface area contributed by atoms with E-state index in [0.29, 0.717) is 12.1 Å². The summed E-state index contributed by atoms with van der Waals surface area (Å²) in [5.41, 5.74) is 0. The van der Waals surface area contributed by atoms with Crippen molar-refractivity contribution in [3.05, 3.63) is 0 Å². The molecule has 0 amide bonds. The molecule has 1 aliphatic carbocycles. The SMILES string of the molecule is CCCCCCC(C)OCCNC(C)C1CC1. The Morgan fingerprint density at radius 1 is 1.18 bits per heavy atom. The third-order valence-electron chi connectivity index (χ3n) is 3.76. The number of unbranched alkanes of at least 4 members (excludes halogenated alkanes) is 3. The first-order chi connectivity index (χ1) is 8.24. The predicted octanol–water partition coefficient (Wildman–Crippen LogP) is 3.75. The van der Waals surface area contributed by atoms with Gasteiger partial charge in [0.25, 0.3) is 0 Å². The molecule has 17 heavy (non-hydrogen) atoms. The molecular formula is C15H31NO. The molecule has 1 N–H and O–H groups in total. The molecule has 0 saturated heterocycles. The standard InChI is InChI=1S/C15H31NO/c1-4-5-6-7-8-13(2)17-12-11-16-14(3)15-9-10-15/h13-16H,4-12H2,1-3H3. The van der Waals surface area contributed by atoms with Crippen molar-refractivity contribution in [2.75, 3.05) is 13.2 Å². The summed E-state index contributed by atoms with van der Waals surface area (Å²) >= 11 is 0. The van der Waals surface area contributed by atoms with Crippen LogP contribution in [0, 0.1) is 5.92 Å². The van der Waals surface area contributed by atoms with E-state index in [2.05, 4.69) is 26.1 Å². The summed E-state index contributed by atoms with van der Waals surface area (Å²) in [7, 11) is 0. The van der Waals surface area contributed by atoms with Gasteiger partial charge in [-0.25, -0.2) is 0 Å². The zero-order chi connectivity index (χ0) is 12.5. The molecule has 0 heterocycles. The van der Waals surface area contributed by atoms with Crippen LogP contribution in [0.2, 0.25) is 0 Å². The van der Waals surface area contributed by atoms with E-state index in [1.54, 1.807) is 0 Å². The van der Waals surface area contributed by atoms with Gasteiger partial charge in [0.1, 0.15) is 0 Å². The van der Waals surface area contributed by atoms with Gasteiger partial charge in [-0.15, -0.1) is 0 Å². The lowest BCUT2D eigenvalue weighted by Gasteiger charge is -2.16. The maximum atomic E-state index is 5.81. The van der Waals surface area contributed by atoms with Crippen LogP contribution in [-0.2, 0) is 4.74 Å². The Labute approximate surface area is 108 Å². The summed E-state index contributed by atoms with van der Waals surface area (Å²) in [6.45, 7) is 8.64. The first kappa shape index (κ1) is 15.0. The van der Waals surface area contributed by atoms with Crippen molar-refractivity contribution >= 4 is 0 Å². The fourth-order valence-electron chi connectivity index (χ4n) is 2.25. The molecule has 0 spiro atoms. The van der Waals surface area contributed by atoms with Crippen molar-refractivity contribution in [1.29, 1.82) is 0 Å². The van der Waals surface area contributed by atoms with Gasteiger partial charge in [0.05, 0.1) is 12.7 Å². The highest BCUT2D eigenvalue weighted by Crippen LogP contribution is 2.32. The minimum absolute atomic E-state index is 0.435. The summed E-state index contributed by atoms with van der Waals surface area (Å²) < 4.78 is 5.81. The lowest BCUT2D eigenvalue weighted by molar-refractivity contribution is 0.0591. The first-order valence-corrected chi connectivity index (χ1v) is 7.59. The van der Waals surface area contributed by atoms with E-state index < -0.39 is 0 Å². The second-order valence-corrected chi connectivity index (χ2v) is 5.61. The minimum atomic E-state index is 0.435. The van der Waals surface area contributed by atoms with E-state index in [1.807, 2.05) is 0 Å². The molecule has 1 saturated carbocycles. The Kier molecular flexibility index (Phi) is 7.87. The van der Waals surface area contributed by atoms with E-state index in [4.69, 9.17) is 4.74 Å². The first-order valence-electron chi connectivity index (χ1n) is 7.59. The van der Waals surface area contributed by atoms with E-state index in [-0.39, 0.29) is 0 Å². The largest absolute Gasteiger partial charge is 0.377 e. The van der Waals surface area contributed by atoms with Crippen LogP contribution >= 0.6 is 0 Å². The van der Waals surface area contributed by atoms with Gasteiger partial charge in [-0.3, -0.25) is 0 Å². The molecule has 0 bridgehead atoms. The van der Waals surface area contributed by atoms with Crippen molar-refractivity contribution in [2.45, 2.75) is 77.9 Å². The second kappa shape index (κ2) is 8.93. The maximum Gasteiger partial charge on any atom is 0.0594 e. The predicted molar refractivity (Wildman–Crippen MR) is 74.4 cm³/mol. The van der Waals surface area contributed by atoms with Crippen LogP contribution in [-0.4, -0.2) is 25.3 Å². The van der Waals surface area contributed by atoms with Crippen LogP contribution in [0.25, 0.3) is 0 Å². The molecule has 1 aliphatic rings. The highest BCUT2D eigenvalue weighted by Gasteiger charge is 2.27. The summed E-state index contributed by atoms with van der Waals surface area (Å²) in [5.74, 6) is 0.946. The fraction of sp³-hybridized carbons (Fsp3) is 1.00. The van der Waals surface area contributed by atoms with Gasteiger partial charge in [0.2, 0.25) is 0 Å². The molecule has 0 aromatic heterocycles. The molecule has 2 heteroatoms. The van der Waals surface area contributed by atoms with E-state index in [0.717, 1.165) is 19.1 Å². The van der Waals surface area contributed by atoms with Gasteiger partial charge >= 0.3 is 0 Å². The van der Waals surface area contributed by atoms with Crippen LogP contribution in [0.4, 0.5) is 0 Å². The van der Waals surface area contributed by atoms with Crippen molar-refractivity contribution in [3.8, 4) is 0 Å². The summed E-state index contributed by atoms with van der Waals surface area (Å²) in [4.78, 5) is 0. The molecule has 2 unspecified atom stereocenters. The summed E-state index contributed by atoms with van der Waals surface area (Å²) in [6, 6.07) is 0.693. The van der Waals surface area contributed by atoms with E-state index in [1.165, 1.54) is 44.9 Å². The molecule has 2 atom stereocenters. The third kappa shape index (κ3) is 7.77. The van der Waals surface area contributed by atoms with Gasteiger partial charge in [-0.2, -0.15) is 0 Å². The molecular weight excluding hydrogens is 210 g/mol. The number of ether oxygens (including phenoxy) is 1. The fourth-order valence-corrected chi connectivity index (χ4v) is 2.25. The Morgan fingerprint density at radius 2 is 1.94 bits per heavy atom. The monoisotopic (exact) mass is 241 g/mol. The maximum absolute atomic E-state index is 5.81. The lowest BCUT2D eigenvalue weighted by atomic mass is 10.1. The molecule has 102 valence electrons. The molecule has 2 nitrogen and oxygen atoms in total. The minimum Gasteiger partial charge on any atom is -0.377 e. The third-order valence-corrected chi connectivity index (χ3v) is 3.76. The Balaban J connectivity index is 1.83. The quantitative estimate of drug-likeness (QED) is 0.556. The summed E-state index contributed by atoms with van der Waals surface area (Å²) in [5, 5.41) is 3.55. The topological polar surface area (TPSA) is 21.3 Å². The van der Waals surface area contributed by atoms with Crippen LogP contribution in [0.1, 0.15) is 65.7 Å². The van der Waals surface area contributed by atoms with Crippen molar-refractivity contribution < 1.29 is 4.74 Å². The smallest absolute Gasteiger partial charge is 0.0594 e. The van der Waals surface area contributed by atoms with Gasteiger partial charge in [-0.1, -0.05) is 32.6 Å². The molecule has 0 aromatic rings. The zero-order valence-electron chi connectivity index (χ0n) is 12.0. The average Bonchev–Trinajstić information content (AvgIpc) is 3.14. The molecule has 0 aliphatic heterocycles. The van der Waals surface area contributed by atoms with Crippen molar-refractivity contribution in [1.82, 2.24) is 5.32 Å². The average molecular weight is 241 g/mol. The lowest BCUT2D eigenvalue weighted by Crippen LogP contribution is -2.31. The molecule has 0 aromatic carbocycles. The van der Waals surface area contributed by atoms with Crippen LogP contribution in [0.15, 0.2) is 0 Å². The number of hydrogen-bond acceptors (Lipinski definition) is 2. The molecule has 1 rings (SSSR count). The Hall–Kier alpha value is -0.0800. The number of hydrogen-bond donors (Lipinski definition) is 1. The number of nitrogens with one attached hydrogen (secondary N) is 1. The van der Waals surface area contributed by atoms with Gasteiger partial charge < -0.3 is 10.1 Å². The van der Waals surface area contributed by atoms with Crippen molar-refractivity contribution in [2.24, 2.45) is 5.92 Å². The highest BCUT2D eigenvalue weighted by atomic mass is 16.5. The van der Waals surface area contributed by atoms with Gasteiger partial charge in [0.15, 0.2) is 0 Å². The number of rotatable bonds is 11. The highest BCUT2D eigenvalue weighted by molar-refractivity contribution is 4.82. The van der Waals surface area contributed by atoms with Crippen LogP contribution in [0.3, 0.4) is 0 Å². The van der Waals surface area contributed by atoms with Crippen LogP contribution < -0.4 is 5.32 Å². The van der Waals surface area contributed by atoms with Gasteiger partial charge in [-0.05, 0) is 39.0 Å². The van der Waals surface area contributed by atoms with Crippen molar-refractivity contribution in [3.63, 3.8) is 0 Å². The van der Waals surface area contributed by atoms with Crippen LogP contribution in [0.5, 0.6) is 0 Å². The Bertz CT molecular complexity index is 180. The van der Waals surface area contributed by atoms with Gasteiger partial charge in [0, 0.05) is 12.6 Å². The molecule has 1 fully saturated rings. The molecule has 0 radical (unpaired) electrons. The normalized spacial score (nSPS) is 19.2. The zero-order valence-corrected chi connectivity index (χ0v) is 12.0. The summed E-state index contributed by atoms with van der Waals surface area (Å²) in [6.07, 6.45) is 9.86. The van der Waals surface area contributed by atoms with E-state index >= 15 is 0 Å². The van der Waals surface area contributed by atoms with E-state index in [9.17, 15) is 0 Å². The Morgan fingerprint density at radius 3 is 2.59 bits per heavy atom.